The number of ether oxygens (including phenoxy) is 1. The molecule has 0 spiro atoms. The summed E-state index contributed by atoms with van der Waals surface area (Å²) < 4.78 is 33.4. The summed E-state index contributed by atoms with van der Waals surface area (Å²) in [5.41, 5.74) is -1.50. The third-order valence-electron chi connectivity index (χ3n) is 2.92. The Morgan fingerprint density at radius 2 is 1.95 bits per heavy atom. The van der Waals surface area contributed by atoms with Crippen LogP contribution in [0, 0.1) is 5.92 Å². The van der Waals surface area contributed by atoms with Gasteiger partial charge in [-0.3, -0.25) is 9.36 Å². The summed E-state index contributed by atoms with van der Waals surface area (Å²) in [5.74, 6) is -0.190. The van der Waals surface area contributed by atoms with E-state index in [0.29, 0.717) is 12.8 Å². The van der Waals surface area contributed by atoms with Crippen molar-refractivity contribution in [2.24, 2.45) is 5.92 Å². The monoisotopic (exact) mass is 331 g/mol. The highest BCUT2D eigenvalue weighted by Gasteiger charge is 2.44. The van der Waals surface area contributed by atoms with E-state index in [-0.39, 0.29) is 25.4 Å². The predicted molar refractivity (Wildman–Crippen MR) is 56.6 cm³/mol. The average molecular weight is 331 g/mol. The van der Waals surface area contributed by atoms with E-state index in [2.05, 4.69) is 13.9 Å². The minimum atomic E-state index is -5.87. The summed E-state index contributed by atoms with van der Waals surface area (Å²) in [6, 6.07) is 0. The Bertz CT molecular complexity index is 429. The molecule has 0 aromatic heterocycles. The molecule has 118 valence electrons. The fourth-order valence-corrected chi connectivity index (χ4v) is 3.17. The fourth-order valence-electron chi connectivity index (χ4n) is 1.66. The Morgan fingerprint density at radius 1 is 1.35 bits per heavy atom. The van der Waals surface area contributed by atoms with Crippen LogP contribution in [0.1, 0.15) is 19.3 Å². The molecule has 1 fully saturated rings. The van der Waals surface area contributed by atoms with Gasteiger partial charge in [-0.05, 0) is 18.8 Å². The second-order valence-corrected chi connectivity index (χ2v) is 9.60. The maximum absolute atomic E-state index is 11.3. The largest absolute Gasteiger partial charge is 0.802 e. The predicted octanol–water partition coefficient (Wildman–Crippen LogP) is -1.98. The molecule has 0 heterocycles. The second-order valence-electron chi connectivity index (χ2n) is 4.38. The standard InChI is InChI=1S/C8H16O10P2/c9-6-16-5-8(10,7-1-2-7)3-4-17-20(15,18-11)19(12,13)14/h6-7,10-11H,1-5H2,(H2,12,13,14)/p-3. The van der Waals surface area contributed by atoms with Gasteiger partial charge in [0.15, 0.2) is 0 Å². The molecule has 1 rings (SSSR count). The molecule has 0 bridgehead atoms. The first kappa shape index (κ1) is 17.7. The molecule has 1 aliphatic rings. The Labute approximate surface area is 114 Å². The maximum Gasteiger partial charge on any atom is 0.348 e. The summed E-state index contributed by atoms with van der Waals surface area (Å²) in [5, 5.41) is 20.2. The molecule has 12 heteroatoms. The Balaban J connectivity index is 2.58. The van der Waals surface area contributed by atoms with Crippen LogP contribution in [0.2, 0.25) is 0 Å². The zero-order valence-corrected chi connectivity index (χ0v) is 12.0. The van der Waals surface area contributed by atoms with Crippen LogP contribution in [-0.2, 0) is 27.9 Å². The van der Waals surface area contributed by atoms with Gasteiger partial charge < -0.3 is 38.7 Å². The number of aliphatic hydroxyl groups is 1. The van der Waals surface area contributed by atoms with Gasteiger partial charge in [0, 0.05) is 13.7 Å². The molecule has 1 N–H and O–H groups in total. The lowest BCUT2D eigenvalue weighted by atomic mass is 9.95. The van der Waals surface area contributed by atoms with Crippen molar-refractivity contribution >= 4 is 21.0 Å². The van der Waals surface area contributed by atoms with Crippen LogP contribution in [-0.4, -0.2) is 30.4 Å². The van der Waals surface area contributed by atoms with E-state index in [1.165, 1.54) is 0 Å². The first-order chi connectivity index (χ1) is 9.18. The molecule has 20 heavy (non-hydrogen) atoms. The van der Waals surface area contributed by atoms with Gasteiger partial charge in [-0.2, -0.15) is 0 Å². The summed E-state index contributed by atoms with van der Waals surface area (Å²) >= 11 is 0. The van der Waals surface area contributed by atoms with Gasteiger partial charge in [0.05, 0.1) is 6.61 Å². The number of rotatable bonds is 10. The summed E-state index contributed by atoms with van der Waals surface area (Å²) in [7, 11) is -11.2. The lowest BCUT2D eigenvalue weighted by Gasteiger charge is -2.38. The molecule has 10 nitrogen and oxygen atoms in total. The Hall–Kier alpha value is -0.310. The number of carbonyl (C=O) groups excluding carboxylic acids is 1. The Morgan fingerprint density at radius 3 is 2.35 bits per heavy atom. The van der Waals surface area contributed by atoms with E-state index in [1.54, 1.807) is 0 Å². The van der Waals surface area contributed by atoms with Crippen molar-refractivity contribution in [3.05, 3.63) is 0 Å². The smallest absolute Gasteiger partial charge is 0.348 e. The van der Waals surface area contributed by atoms with E-state index in [1.807, 2.05) is 0 Å². The van der Waals surface area contributed by atoms with Crippen molar-refractivity contribution in [2.45, 2.75) is 24.9 Å². The molecule has 0 aromatic carbocycles. The van der Waals surface area contributed by atoms with Gasteiger partial charge in [-0.25, -0.2) is 0 Å². The average Bonchev–Trinajstić information content (AvgIpc) is 3.19. The molecule has 1 aliphatic carbocycles. The summed E-state index contributed by atoms with van der Waals surface area (Å²) in [6.07, 6.45) is 1.05. The summed E-state index contributed by atoms with van der Waals surface area (Å²) in [6.45, 7) is -0.911. The van der Waals surface area contributed by atoms with Crippen LogP contribution < -0.4 is 15.0 Å². The quantitative estimate of drug-likeness (QED) is 0.205. The number of hydrogen-bond donors (Lipinski definition) is 1. The van der Waals surface area contributed by atoms with Crippen molar-refractivity contribution in [2.75, 3.05) is 13.2 Å². The topological polar surface area (TPSA) is 168 Å². The van der Waals surface area contributed by atoms with Crippen LogP contribution in [0.15, 0.2) is 0 Å². The molecular weight excluding hydrogens is 318 g/mol. The highest BCUT2D eigenvalue weighted by molar-refractivity contribution is 8.25. The summed E-state index contributed by atoms with van der Waals surface area (Å²) in [4.78, 5) is 31.3. The molecule has 0 saturated heterocycles. The molecule has 0 amide bonds. The van der Waals surface area contributed by atoms with Gasteiger partial charge in [0.1, 0.15) is 12.2 Å². The second kappa shape index (κ2) is 6.64. The highest BCUT2D eigenvalue weighted by Crippen LogP contribution is 2.72. The van der Waals surface area contributed by atoms with Gasteiger partial charge in [0.25, 0.3) is 6.47 Å². The fraction of sp³-hybridized carbons (Fsp3) is 0.875. The maximum atomic E-state index is 11.3. The molecule has 0 aromatic rings. The first-order valence-corrected chi connectivity index (χ1v) is 9.34. The van der Waals surface area contributed by atoms with E-state index in [9.17, 15) is 34.1 Å². The van der Waals surface area contributed by atoms with Crippen LogP contribution in [0.4, 0.5) is 0 Å². The van der Waals surface area contributed by atoms with E-state index in [0.717, 1.165) is 0 Å². The van der Waals surface area contributed by atoms with E-state index in [4.69, 9.17) is 0 Å². The van der Waals surface area contributed by atoms with Crippen LogP contribution in [0.25, 0.3) is 0 Å². The number of carbonyl (C=O) groups is 1. The molecule has 1 saturated carbocycles. The third kappa shape index (κ3) is 4.34. The number of hydrogen-bond acceptors (Lipinski definition) is 10. The van der Waals surface area contributed by atoms with Crippen LogP contribution in [0.5, 0.6) is 0 Å². The van der Waals surface area contributed by atoms with Gasteiger partial charge in [0.2, 0.25) is 0 Å². The first-order valence-electron chi connectivity index (χ1n) is 5.55. The highest BCUT2D eigenvalue weighted by atomic mass is 32.1. The van der Waals surface area contributed by atoms with Crippen LogP contribution >= 0.6 is 14.6 Å². The molecule has 0 radical (unpaired) electrons. The van der Waals surface area contributed by atoms with Gasteiger partial charge >= 0.3 is 7.28 Å². The van der Waals surface area contributed by atoms with Crippen molar-refractivity contribution in [1.82, 2.24) is 0 Å². The van der Waals surface area contributed by atoms with E-state index < -0.39 is 26.8 Å². The SMILES string of the molecule is O=COCC(O)(CCOP(=O)(O[O-])P(=O)([O-])[O-])C1CC1. The van der Waals surface area contributed by atoms with Crippen molar-refractivity contribution < 1.29 is 48.0 Å². The minimum absolute atomic E-state index is 0.128. The lowest BCUT2D eigenvalue weighted by Crippen LogP contribution is -2.38. The van der Waals surface area contributed by atoms with Crippen molar-refractivity contribution in [1.29, 1.82) is 0 Å². The molecular formula is C8H13O10P2-3. The normalized spacial score (nSPS) is 21.8. The minimum Gasteiger partial charge on any atom is -0.802 e. The lowest BCUT2D eigenvalue weighted by molar-refractivity contribution is -0.639. The van der Waals surface area contributed by atoms with Crippen molar-refractivity contribution in [3.63, 3.8) is 0 Å². The zero-order valence-electron chi connectivity index (χ0n) is 10.2. The zero-order chi connectivity index (χ0) is 15.4. The third-order valence-corrected chi connectivity index (χ3v) is 6.57. The van der Waals surface area contributed by atoms with E-state index >= 15 is 0 Å². The Kier molecular flexibility index (Phi) is 5.89. The van der Waals surface area contributed by atoms with Crippen molar-refractivity contribution in [3.8, 4) is 0 Å². The van der Waals surface area contributed by atoms with Gasteiger partial charge in [-0.15, -0.1) is 0 Å². The van der Waals surface area contributed by atoms with Crippen LogP contribution in [0.3, 0.4) is 0 Å². The molecule has 2 atom stereocenters. The molecule has 2 unspecified atom stereocenters. The van der Waals surface area contributed by atoms with Gasteiger partial charge in [-0.1, -0.05) is 0 Å². The molecule has 0 aliphatic heterocycles.